The highest BCUT2D eigenvalue weighted by molar-refractivity contribution is 5.39. The van der Waals surface area contributed by atoms with E-state index in [1.165, 1.54) is 5.56 Å². The monoisotopic (exact) mass is 250 g/mol. The Kier molecular flexibility index (Phi) is 3.93. The van der Waals surface area contributed by atoms with Gasteiger partial charge in [0.2, 0.25) is 0 Å². The van der Waals surface area contributed by atoms with Gasteiger partial charge in [0.1, 0.15) is 5.75 Å². The fraction of sp³-hybridized carbons (Fsp3) is 0.600. The van der Waals surface area contributed by atoms with E-state index in [4.69, 9.17) is 9.47 Å². The third-order valence-electron chi connectivity index (χ3n) is 3.69. The van der Waals surface area contributed by atoms with Gasteiger partial charge < -0.3 is 14.6 Å². The van der Waals surface area contributed by atoms with Crippen molar-refractivity contribution in [1.82, 2.24) is 0 Å². The van der Waals surface area contributed by atoms with Crippen molar-refractivity contribution in [1.29, 1.82) is 0 Å². The Morgan fingerprint density at radius 1 is 1.39 bits per heavy atom. The molecule has 1 N–H and O–H groups in total. The van der Waals surface area contributed by atoms with Crippen LogP contribution < -0.4 is 4.74 Å². The van der Waals surface area contributed by atoms with E-state index in [0.29, 0.717) is 6.61 Å². The van der Waals surface area contributed by atoms with Crippen LogP contribution in [0.15, 0.2) is 18.2 Å². The SMILES string of the molecule is COC(C)(C)CCOc1ccc2c(c1)CC[C@@H]2O. The number of aryl methyl sites for hydroxylation is 1. The molecule has 0 spiro atoms. The average molecular weight is 250 g/mol. The molecule has 0 saturated heterocycles. The molecule has 3 nitrogen and oxygen atoms in total. The predicted molar refractivity (Wildman–Crippen MR) is 70.9 cm³/mol. The molecule has 0 unspecified atom stereocenters. The van der Waals surface area contributed by atoms with Crippen LogP contribution in [0.5, 0.6) is 5.75 Å². The summed E-state index contributed by atoms with van der Waals surface area (Å²) in [6.07, 6.45) is 2.33. The Morgan fingerprint density at radius 2 is 2.17 bits per heavy atom. The molecule has 0 bridgehead atoms. The van der Waals surface area contributed by atoms with E-state index in [2.05, 4.69) is 13.8 Å². The van der Waals surface area contributed by atoms with Crippen molar-refractivity contribution in [3.8, 4) is 5.75 Å². The van der Waals surface area contributed by atoms with Crippen LogP contribution in [0.25, 0.3) is 0 Å². The minimum atomic E-state index is -0.290. The van der Waals surface area contributed by atoms with Gasteiger partial charge in [0.05, 0.1) is 18.3 Å². The quantitative estimate of drug-likeness (QED) is 0.873. The summed E-state index contributed by atoms with van der Waals surface area (Å²) in [5.41, 5.74) is 2.12. The highest BCUT2D eigenvalue weighted by atomic mass is 16.5. The molecule has 1 atom stereocenters. The number of methoxy groups -OCH3 is 1. The van der Waals surface area contributed by atoms with Gasteiger partial charge in [-0.1, -0.05) is 6.07 Å². The van der Waals surface area contributed by atoms with E-state index in [0.717, 1.165) is 30.6 Å². The molecule has 0 saturated carbocycles. The third-order valence-corrected chi connectivity index (χ3v) is 3.69. The molecular weight excluding hydrogens is 228 g/mol. The lowest BCUT2D eigenvalue weighted by atomic mass is 10.1. The molecule has 0 radical (unpaired) electrons. The van der Waals surface area contributed by atoms with Crippen LogP contribution in [0.3, 0.4) is 0 Å². The van der Waals surface area contributed by atoms with Crippen molar-refractivity contribution >= 4 is 0 Å². The summed E-state index contributed by atoms with van der Waals surface area (Å²) in [6, 6.07) is 5.96. The molecule has 1 aliphatic carbocycles. The molecule has 0 heterocycles. The number of hydrogen-bond acceptors (Lipinski definition) is 3. The second-order valence-electron chi connectivity index (χ2n) is 5.48. The number of hydrogen-bond donors (Lipinski definition) is 1. The summed E-state index contributed by atoms with van der Waals surface area (Å²) in [7, 11) is 1.72. The standard InChI is InChI=1S/C15H22O3/c1-15(2,17-3)8-9-18-12-5-6-13-11(10-12)4-7-14(13)16/h5-6,10,14,16H,4,7-9H2,1-3H3/t14-/m0/s1. The Balaban J connectivity index is 1.92. The predicted octanol–water partition coefficient (Wildman–Crippen LogP) is 2.86. The Morgan fingerprint density at radius 3 is 2.89 bits per heavy atom. The van der Waals surface area contributed by atoms with Crippen LogP contribution in [0.4, 0.5) is 0 Å². The van der Waals surface area contributed by atoms with Crippen LogP contribution >= 0.6 is 0 Å². The van der Waals surface area contributed by atoms with Crippen molar-refractivity contribution in [2.24, 2.45) is 0 Å². The Labute approximate surface area is 109 Å². The number of ether oxygens (including phenoxy) is 2. The molecule has 3 heteroatoms. The Hall–Kier alpha value is -1.06. The fourth-order valence-corrected chi connectivity index (χ4v) is 2.18. The molecule has 1 aliphatic rings. The van der Waals surface area contributed by atoms with E-state index in [9.17, 15) is 5.11 Å². The largest absolute Gasteiger partial charge is 0.493 e. The van der Waals surface area contributed by atoms with Crippen molar-refractivity contribution in [2.75, 3.05) is 13.7 Å². The average Bonchev–Trinajstić information content (AvgIpc) is 2.71. The zero-order valence-electron chi connectivity index (χ0n) is 11.4. The highest BCUT2D eigenvalue weighted by Gasteiger charge is 2.20. The maximum atomic E-state index is 9.73. The molecule has 100 valence electrons. The molecule has 18 heavy (non-hydrogen) atoms. The number of aliphatic hydroxyl groups is 1. The number of rotatable bonds is 5. The summed E-state index contributed by atoms with van der Waals surface area (Å²) in [6.45, 7) is 4.74. The maximum Gasteiger partial charge on any atom is 0.119 e. The second kappa shape index (κ2) is 5.29. The minimum Gasteiger partial charge on any atom is -0.493 e. The number of benzene rings is 1. The molecule has 2 rings (SSSR count). The number of fused-ring (bicyclic) bond motifs is 1. The summed E-state index contributed by atoms with van der Waals surface area (Å²) >= 11 is 0. The summed E-state index contributed by atoms with van der Waals surface area (Å²) in [5, 5.41) is 9.73. The van der Waals surface area contributed by atoms with Crippen molar-refractivity contribution in [2.45, 2.75) is 44.8 Å². The zero-order valence-corrected chi connectivity index (χ0v) is 11.4. The smallest absolute Gasteiger partial charge is 0.119 e. The van der Waals surface area contributed by atoms with E-state index in [1.54, 1.807) is 7.11 Å². The first kappa shape index (κ1) is 13.4. The van der Waals surface area contributed by atoms with Gasteiger partial charge in [0, 0.05) is 13.5 Å². The highest BCUT2D eigenvalue weighted by Crippen LogP contribution is 2.33. The summed E-state index contributed by atoms with van der Waals surface area (Å²) in [5.74, 6) is 0.884. The lowest BCUT2D eigenvalue weighted by Crippen LogP contribution is -2.25. The normalized spacial score (nSPS) is 18.8. The molecular formula is C15H22O3. The molecule has 1 aromatic carbocycles. The van der Waals surface area contributed by atoms with Crippen LogP contribution in [-0.2, 0) is 11.2 Å². The van der Waals surface area contributed by atoms with Crippen molar-refractivity contribution < 1.29 is 14.6 Å². The topological polar surface area (TPSA) is 38.7 Å². The van der Waals surface area contributed by atoms with Gasteiger partial charge in [-0.25, -0.2) is 0 Å². The molecule has 0 aromatic heterocycles. The summed E-state index contributed by atoms with van der Waals surface area (Å²) in [4.78, 5) is 0. The molecule has 1 aromatic rings. The van der Waals surface area contributed by atoms with E-state index in [1.807, 2.05) is 18.2 Å². The molecule has 0 aliphatic heterocycles. The zero-order chi connectivity index (χ0) is 13.2. The van der Waals surface area contributed by atoms with Crippen molar-refractivity contribution in [3.05, 3.63) is 29.3 Å². The molecule has 0 amide bonds. The van der Waals surface area contributed by atoms with Crippen LogP contribution in [-0.4, -0.2) is 24.4 Å². The fourth-order valence-electron chi connectivity index (χ4n) is 2.18. The Bertz CT molecular complexity index is 412. The van der Waals surface area contributed by atoms with Crippen LogP contribution in [0.1, 0.15) is 43.9 Å². The third kappa shape index (κ3) is 3.03. The van der Waals surface area contributed by atoms with Crippen molar-refractivity contribution in [3.63, 3.8) is 0 Å². The lowest BCUT2D eigenvalue weighted by molar-refractivity contribution is 0.00545. The van der Waals surface area contributed by atoms with Gasteiger partial charge in [-0.15, -0.1) is 0 Å². The van der Waals surface area contributed by atoms with Crippen LogP contribution in [0.2, 0.25) is 0 Å². The first-order valence-corrected chi connectivity index (χ1v) is 6.51. The minimum absolute atomic E-state index is 0.146. The molecule has 0 fully saturated rings. The van der Waals surface area contributed by atoms with Gasteiger partial charge in [0.15, 0.2) is 0 Å². The number of aliphatic hydroxyl groups excluding tert-OH is 1. The van der Waals surface area contributed by atoms with E-state index >= 15 is 0 Å². The first-order chi connectivity index (χ1) is 8.52. The van der Waals surface area contributed by atoms with E-state index < -0.39 is 0 Å². The van der Waals surface area contributed by atoms with Gasteiger partial charge in [0.25, 0.3) is 0 Å². The lowest BCUT2D eigenvalue weighted by Gasteiger charge is -2.22. The second-order valence-corrected chi connectivity index (χ2v) is 5.48. The summed E-state index contributed by atoms with van der Waals surface area (Å²) < 4.78 is 11.1. The van der Waals surface area contributed by atoms with Gasteiger partial charge in [-0.05, 0) is 49.9 Å². The first-order valence-electron chi connectivity index (χ1n) is 6.51. The van der Waals surface area contributed by atoms with Gasteiger partial charge >= 0.3 is 0 Å². The van der Waals surface area contributed by atoms with Gasteiger partial charge in [-0.3, -0.25) is 0 Å². The maximum absolute atomic E-state index is 9.73. The van der Waals surface area contributed by atoms with Gasteiger partial charge in [-0.2, -0.15) is 0 Å². The van der Waals surface area contributed by atoms with Crippen LogP contribution in [0, 0.1) is 0 Å². The van der Waals surface area contributed by atoms with E-state index in [-0.39, 0.29) is 11.7 Å².